The van der Waals surface area contributed by atoms with Gasteiger partial charge in [0.25, 0.3) is 11.1 Å². The normalized spacial score (nSPS) is 14.2. The topological polar surface area (TPSA) is 84.9 Å². The summed E-state index contributed by atoms with van der Waals surface area (Å²) in [6, 6.07) is 18.4. The van der Waals surface area contributed by atoms with Crippen LogP contribution < -0.4 is 14.8 Å². The van der Waals surface area contributed by atoms with Gasteiger partial charge in [0.15, 0.2) is 11.5 Å². The molecule has 3 amide bonds. The van der Waals surface area contributed by atoms with Crippen molar-refractivity contribution in [2.45, 2.75) is 26.9 Å². The van der Waals surface area contributed by atoms with Gasteiger partial charge in [-0.1, -0.05) is 42.8 Å². The monoisotopic (exact) mass is 676 g/mol. The third kappa shape index (κ3) is 7.55. The van der Waals surface area contributed by atoms with Gasteiger partial charge in [0.1, 0.15) is 13.2 Å². The number of amides is 3. The molecule has 1 saturated heterocycles. The molecular weight excluding hydrogens is 651 g/mol. The van der Waals surface area contributed by atoms with E-state index in [9.17, 15) is 14.4 Å². The first kappa shape index (κ1) is 29.0. The lowest BCUT2D eigenvalue weighted by Gasteiger charge is -2.15. The Balaban J connectivity index is 1.46. The molecule has 3 aromatic rings. The number of halogens is 2. The zero-order valence-electron chi connectivity index (χ0n) is 21.3. The molecule has 3 aromatic carbocycles. The number of hydrogen-bond acceptors (Lipinski definition) is 6. The molecule has 1 aliphatic heterocycles. The molecule has 202 valence electrons. The maximum Gasteiger partial charge on any atom is 0.294 e. The minimum absolute atomic E-state index is 0.230. The number of imide groups is 1. The van der Waals surface area contributed by atoms with Crippen molar-refractivity contribution in [3.63, 3.8) is 0 Å². The Hall–Kier alpha value is -3.02. The molecule has 0 radical (unpaired) electrons. The number of aryl methyl sites for hydroxylation is 1. The van der Waals surface area contributed by atoms with E-state index >= 15 is 0 Å². The van der Waals surface area contributed by atoms with Crippen molar-refractivity contribution in [3.05, 3.63) is 90.9 Å². The number of thioether (sulfide) groups is 1. The molecule has 0 unspecified atom stereocenters. The maximum absolute atomic E-state index is 13.0. The van der Waals surface area contributed by atoms with Gasteiger partial charge in [0.05, 0.1) is 15.1 Å². The van der Waals surface area contributed by atoms with Crippen molar-refractivity contribution < 1.29 is 23.9 Å². The fraction of sp³-hybridized carbons (Fsp3) is 0.207. The molecule has 0 bridgehead atoms. The summed E-state index contributed by atoms with van der Waals surface area (Å²) in [6.07, 6.45) is 2.52. The van der Waals surface area contributed by atoms with Crippen molar-refractivity contribution in [2.75, 3.05) is 18.5 Å². The Labute approximate surface area is 250 Å². The van der Waals surface area contributed by atoms with Gasteiger partial charge >= 0.3 is 0 Å². The zero-order chi connectivity index (χ0) is 27.9. The van der Waals surface area contributed by atoms with Crippen LogP contribution in [0.1, 0.15) is 30.5 Å². The second kappa shape index (κ2) is 13.4. The van der Waals surface area contributed by atoms with Crippen molar-refractivity contribution in [1.82, 2.24) is 4.90 Å². The molecule has 0 aliphatic carbocycles. The lowest BCUT2D eigenvalue weighted by atomic mass is 10.1. The van der Waals surface area contributed by atoms with Gasteiger partial charge in [-0.2, -0.15) is 0 Å². The number of anilines is 1. The van der Waals surface area contributed by atoms with Crippen molar-refractivity contribution in [3.8, 4) is 11.5 Å². The molecular formula is C29H26ClIN2O5S. The van der Waals surface area contributed by atoms with Gasteiger partial charge in [-0.25, -0.2) is 0 Å². The van der Waals surface area contributed by atoms with Gasteiger partial charge in [-0.05, 0) is 107 Å². The lowest BCUT2D eigenvalue weighted by Crippen LogP contribution is -2.36. The van der Waals surface area contributed by atoms with E-state index in [1.54, 1.807) is 36.4 Å². The van der Waals surface area contributed by atoms with E-state index in [2.05, 4.69) is 27.9 Å². The molecule has 1 heterocycles. The average Bonchev–Trinajstić information content (AvgIpc) is 3.17. The smallest absolute Gasteiger partial charge is 0.294 e. The molecule has 7 nitrogen and oxygen atoms in total. The van der Waals surface area contributed by atoms with Crippen molar-refractivity contribution in [2.24, 2.45) is 0 Å². The van der Waals surface area contributed by atoms with E-state index in [0.29, 0.717) is 41.0 Å². The van der Waals surface area contributed by atoms with Crippen LogP contribution in [0.25, 0.3) is 6.08 Å². The quantitative estimate of drug-likeness (QED) is 0.181. The van der Waals surface area contributed by atoms with Crippen LogP contribution in [-0.4, -0.2) is 35.1 Å². The molecule has 0 aromatic heterocycles. The first-order valence-corrected chi connectivity index (χ1v) is 14.5. The fourth-order valence-corrected chi connectivity index (χ4v) is 5.51. The van der Waals surface area contributed by atoms with Crippen LogP contribution in [0.15, 0.2) is 65.6 Å². The standard InChI is InChI=1S/C29H26ClIN2O5S/c1-3-18-7-11-22(12-8-18)32-26(34)16-33-28(35)25(39-29(33)36)15-20-13-23(31)27(24(14-20)37-4-2)38-17-19-5-9-21(30)10-6-19/h5-15H,3-4,16-17H2,1-2H3,(H,32,34)/b25-15+. The fourth-order valence-electron chi connectivity index (χ4n) is 3.77. The van der Waals surface area contributed by atoms with E-state index in [4.69, 9.17) is 21.1 Å². The van der Waals surface area contributed by atoms with E-state index in [-0.39, 0.29) is 11.4 Å². The Morgan fingerprint density at radius 3 is 2.38 bits per heavy atom. The molecule has 10 heteroatoms. The third-order valence-electron chi connectivity index (χ3n) is 5.75. The molecule has 0 saturated carbocycles. The van der Waals surface area contributed by atoms with Crippen LogP contribution in [0.5, 0.6) is 11.5 Å². The van der Waals surface area contributed by atoms with E-state index in [1.807, 2.05) is 44.2 Å². The lowest BCUT2D eigenvalue weighted by molar-refractivity contribution is -0.127. The predicted octanol–water partition coefficient (Wildman–Crippen LogP) is 7.16. The Bertz CT molecular complexity index is 1410. The predicted molar refractivity (Wildman–Crippen MR) is 163 cm³/mol. The molecule has 1 fully saturated rings. The van der Waals surface area contributed by atoms with Crippen LogP contribution in [0.4, 0.5) is 10.5 Å². The Morgan fingerprint density at radius 2 is 1.72 bits per heavy atom. The maximum atomic E-state index is 13.0. The number of benzene rings is 3. The van der Waals surface area contributed by atoms with Gasteiger partial charge in [0, 0.05) is 10.7 Å². The van der Waals surface area contributed by atoms with Gasteiger partial charge in [0.2, 0.25) is 5.91 Å². The van der Waals surface area contributed by atoms with Crippen LogP contribution >= 0.6 is 46.0 Å². The molecule has 39 heavy (non-hydrogen) atoms. The SMILES string of the molecule is CCOc1cc(/C=C2/SC(=O)N(CC(=O)Nc3ccc(CC)cc3)C2=O)cc(I)c1OCc1ccc(Cl)cc1. The zero-order valence-corrected chi connectivity index (χ0v) is 25.1. The average molecular weight is 677 g/mol. The highest BCUT2D eigenvalue weighted by molar-refractivity contribution is 14.1. The Kier molecular flexibility index (Phi) is 9.93. The van der Waals surface area contributed by atoms with E-state index in [1.165, 1.54) is 0 Å². The number of carbonyl (C=O) groups is 3. The highest BCUT2D eigenvalue weighted by Gasteiger charge is 2.36. The molecule has 0 spiro atoms. The summed E-state index contributed by atoms with van der Waals surface area (Å²) in [5.41, 5.74) is 3.38. The van der Waals surface area contributed by atoms with Crippen LogP contribution in [0.2, 0.25) is 5.02 Å². The van der Waals surface area contributed by atoms with Gasteiger partial charge in [-0.15, -0.1) is 0 Å². The van der Waals surface area contributed by atoms with Gasteiger partial charge in [-0.3, -0.25) is 19.3 Å². The third-order valence-corrected chi connectivity index (χ3v) is 7.71. The number of nitrogens with zero attached hydrogens (tertiary/aromatic N) is 1. The second-order valence-electron chi connectivity index (χ2n) is 8.54. The first-order chi connectivity index (χ1) is 18.8. The summed E-state index contributed by atoms with van der Waals surface area (Å²) in [5.74, 6) is 0.147. The summed E-state index contributed by atoms with van der Waals surface area (Å²) < 4.78 is 12.7. The number of nitrogens with one attached hydrogen (secondary N) is 1. The van der Waals surface area contributed by atoms with Gasteiger partial charge < -0.3 is 14.8 Å². The largest absolute Gasteiger partial charge is 0.490 e. The summed E-state index contributed by atoms with van der Waals surface area (Å²) >= 11 is 8.92. The number of carbonyl (C=O) groups excluding carboxylic acids is 3. The molecule has 1 N–H and O–H groups in total. The molecule has 0 atom stereocenters. The van der Waals surface area contributed by atoms with Crippen LogP contribution in [-0.2, 0) is 22.6 Å². The summed E-state index contributed by atoms with van der Waals surface area (Å²) in [7, 11) is 0. The van der Waals surface area contributed by atoms with Crippen molar-refractivity contribution in [1.29, 1.82) is 0 Å². The van der Waals surface area contributed by atoms with Crippen LogP contribution in [0, 0.1) is 3.57 Å². The minimum Gasteiger partial charge on any atom is -0.490 e. The number of hydrogen-bond donors (Lipinski definition) is 1. The molecule has 4 rings (SSSR count). The van der Waals surface area contributed by atoms with E-state index < -0.39 is 17.1 Å². The van der Waals surface area contributed by atoms with Crippen molar-refractivity contribution >= 4 is 74.8 Å². The van der Waals surface area contributed by atoms with E-state index in [0.717, 1.165) is 37.8 Å². The highest BCUT2D eigenvalue weighted by Crippen LogP contribution is 2.38. The molecule has 1 aliphatic rings. The van der Waals surface area contributed by atoms with Crippen LogP contribution in [0.3, 0.4) is 0 Å². The number of ether oxygens (including phenoxy) is 2. The Morgan fingerprint density at radius 1 is 1.03 bits per heavy atom. The number of rotatable bonds is 10. The summed E-state index contributed by atoms with van der Waals surface area (Å²) in [6.45, 7) is 4.30. The second-order valence-corrected chi connectivity index (χ2v) is 11.1. The first-order valence-electron chi connectivity index (χ1n) is 12.2. The minimum atomic E-state index is -0.516. The highest BCUT2D eigenvalue weighted by atomic mass is 127. The summed E-state index contributed by atoms with van der Waals surface area (Å²) in [5, 5.41) is 2.89. The summed E-state index contributed by atoms with van der Waals surface area (Å²) in [4.78, 5) is 39.3.